The Labute approximate surface area is 154 Å². The van der Waals surface area contributed by atoms with E-state index in [9.17, 15) is 9.59 Å². The summed E-state index contributed by atoms with van der Waals surface area (Å²) in [6, 6.07) is 16.9. The first kappa shape index (κ1) is 18.0. The fraction of sp³-hybridized carbons (Fsp3) is 0.333. The van der Waals surface area contributed by atoms with E-state index in [1.54, 1.807) is 23.8 Å². The monoisotopic (exact) mass is 352 g/mol. The number of anilines is 1. The number of carbonyl (C=O) groups excluding carboxylic acids is 2. The summed E-state index contributed by atoms with van der Waals surface area (Å²) in [5.74, 6) is 0.611. The predicted octanol–water partition coefficient (Wildman–Crippen LogP) is 2.89. The van der Waals surface area contributed by atoms with Crippen LogP contribution in [0.5, 0.6) is 5.75 Å². The third-order valence-electron chi connectivity index (χ3n) is 4.82. The van der Waals surface area contributed by atoms with E-state index in [1.807, 2.05) is 54.6 Å². The van der Waals surface area contributed by atoms with E-state index >= 15 is 0 Å². The normalized spacial score (nSPS) is 17.3. The lowest BCUT2D eigenvalue weighted by Gasteiger charge is -2.39. The molecule has 2 amide bonds. The minimum atomic E-state index is -0.475. The van der Waals surface area contributed by atoms with E-state index in [-0.39, 0.29) is 11.8 Å². The molecule has 3 rings (SSSR count). The number of piperazine rings is 1. The van der Waals surface area contributed by atoms with Crippen molar-refractivity contribution in [2.75, 3.05) is 25.1 Å². The molecule has 0 aliphatic carbocycles. The smallest absolute Gasteiger partial charge is 0.249 e. The molecule has 0 radical (unpaired) electrons. The van der Waals surface area contributed by atoms with E-state index < -0.39 is 6.04 Å². The highest BCUT2D eigenvalue weighted by atomic mass is 16.5. The first-order valence-electron chi connectivity index (χ1n) is 8.89. The van der Waals surface area contributed by atoms with E-state index in [1.165, 1.54) is 0 Å². The average Bonchev–Trinajstić information content (AvgIpc) is 2.69. The molecular formula is C21H24N2O3. The molecule has 0 N–H and O–H groups in total. The molecule has 0 saturated carbocycles. The van der Waals surface area contributed by atoms with Crippen LogP contribution in [0.1, 0.15) is 18.9 Å². The van der Waals surface area contributed by atoms with Crippen molar-refractivity contribution in [3.63, 3.8) is 0 Å². The summed E-state index contributed by atoms with van der Waals surface area (Å²) in [4.78, 5) is 28.9. The molecule has 1 saturated heterocycles. The molecular weight excluding hydrogens is 328 g/mol. The maximum Gasteiger partial charge on any atom is 0.249 e. The average molecular weight is 352 g/mol. The van der Waals surface area contributed by atoms with Crippen LogP contribution in [-0.2, 0) is 16.0 Å². The van der Waals surface area contributed by atoms with Gasteiger partial charge in [0.1, 0.15) is 11.8 Å². The lowest BCUT2D eigenvalue weighted by molar-refractivity contribution is -0.140. The van der Waals surface area contributed by atoms with Crippen molar-refractivity contribution in [3.8, 4) is 5.75 Å². The Morgan fingerprint density at radius 2 is 1.77 bits per heavy atom. The fourth-order valence-electron chi connectivity index (χ4n) is 3.34. The van der Waals surface area contributed by atoms with Gasteiger partial charge in [-0.2, -0.15) is 0 Å². The number of rotatable bonds is 5. The number of para-hydroxylation sites is 2. The predicted molar refractivity (Wildman–Crippen MR) is 101 cm³/mol. The van der Waals surface area contributed by atoms with Crippen LogP contribution >= 0.6 is 0 Å². The second-order valence-electron chi connectivity index (χ2n) is 6.41. The molecule has 1 aliphatic heterocycles. The number of ether oxygens (including phenoxy) is 1. The standard InChI is InChI=1S/C21H24N2O3/c1-16-21(25)23(18-10-6-7-11-19(18)26-2)15-14-22(16)20(24)13-12-17-8-4-3-5-9-17/h3-11,16H,12-15H2,1-2H3/t16-/m0/s1. The lowest BCUT2D eigenvalue weighted by atomic mass is 10.1. The molecule has 5 heteroatoms. The number of nitrogens with zero attached hydrogens (tertiary/aromatic N) is 2. The molecule has 1 fully saturated rings. The molecule has 0 unspecified atom stereocenters. The molecule has 5 nitrogen and oxygen atoms in total. The van der Waals surface area contributed by atoms with E-state index in [4.69, 9.17) is 4.74 Å². The maximum absolute atomic E-state index is 12.9. The Kier molecular flexibility index (Phi) is 5.56. The van der Waals surface area contributed by atoms with Crippen molar-refractivity contribution in [3.05, 3.63) is 60.2 Å². The first-order valence-corrected chi connectivity index (χ1v) is 8.89. The molecule has 2 aromatic carbocycles. The third-order valence-corrected chi connectivity index (χ3v) is 4.82. The number of hydrogen-bond donors (Lipinski definition) is 0. The van der Waals surface area contributed by atoms with Gasteiger partial charge in [0.15, 0.2) is 0 Å². The summed E-state index contributed by atoms with van der Waals surface area (Å²) in [7, 11) is 1.59. The van der Waals surface area contributed by atoms with Gasteiger partial charge >= 0.3 is 0 Å². The SMILES string of the molecule is COc1ccccc1N1CCN(C(=O)CCc2ccccc2)[C@@H](C)C1=O. The van der Waals surface area contributed by atoms with Gasteiger partial charge in [0.2, 0.25) is 11.8 Å². The van der Waals surface area contributed by atoms with Crippen LogP contribution in [0.15, 0.2) is 54.6 Å². The van der Waals surface area contributed by atoms with Crippen molar-refractivity contribution in [1.29, 1.82) is 0 Å². The summed E-state index contributed by atoms with van der Waals surface area (Å²) >= 11 is 0. The second kappa shape index (κ2) is 8.04. The van der Waals surface area contributed by atoms with Crippen LogP contribution in [0.4, 0.5) is 5.69 Å². The highest BCUT2D eigenvalue weighted by Crippen LogP contribution is 2.30. The second-order valence-corrected chi connectivity index (χ2v) is 6.41. The number of methoxy groups -OCH3 is 1. The largest absolute Gasteiger partial charge is 0.495 e. The molecule has 26 heavy (non-hydrogen) atoms. The zero-order chi connectivity index (χ0) is 18.5. The van der Waals surface area contributed by atoms with Crippen LogP contribution in [0.3, 0.4) is 0 Å². The Bertz CT molecular complexity index is 776. The molecule has 0 bridgehead atoms. The van der Waals surface area contributed by atoms with E-state index in [0.29, 0.717) is 31.7 Å². The number of hydrogen-bond acceptors (Lipinski definition) is 3. The van der Waals surface area contributed by atoms with Crippen LogP contribution in [-0.4, -0.2) is 43.0 Å². The molecule has 2 aromatic rings. The van der Waals surface area contributed by atoms with Crippen molar-refractivity contribution in [1.82, 2.24) is 4.90 Å². The summed E-state index contributed by atoms with van der Waals surface area (Å²) in [5.41, 5.74) is 1.88. The van der Waals surface area contributed by atoms with Gasteiger partial charge < -0.3 is 14.5 Å². The van der Waals surface area contributed by atoms with Crippen molar-refractivity contribution < 1.29 is 14.3 Å². The molecule has 136 valence electrons. The summed E-state index contributed by atoms with van der Waals surface area (Å²) in [6.07, 6.45) is 1.10. The first-order chi connectivity index (χ1) is 12.6. The number of aryl methyl sites for hydroxylation is 1. The summed E-state index contributed by atoms with van der Waals surface area (Å²) in [6.45, 7) is 2.80. The summed E-state index contributed by atoms with van der Waals surface area (Å²) in [5, 5.41) is 0. The molecule has 1 atom stereocenters. The zero-order valence-corrected chi connectivity index (χ0v) is 15.2. The Morgan fingerprint density at radius 1 is 1.08 bits per heavy atom. The molecule has 1 aliphatic rings. The lowest BCUT2D eigenvalue weighted by Crippen LogP contribution is -2.57. The zero-order valence-electron chi connectivity index (χ0n) is 15.2. The minimum absolute atomic E-state index is 0.0226. The van der Waals surface area contributed by atoms with Gasteiger partial charge in [0.25, 0.3) is 0 Å². The fourth-order valence-corrected chi connectivity index (χ4v) is 3.34. The van der Waals surface area contributed by atoms with Crippen molar-refractivity contribution in [2.24, 2.45) is 0 Å². The number of amides is 2. The van der Waals surface area contributed by atoms with Gasteiger partial charge in [-0.1, -0.05) is 42.5 Å². The Hall–Kier alpha value is -2.82. The number of benzene rings is 2. The highest BCUT2D eigenvalue weighted by molar-refractivity contribution is 6.01. The van der Waals surface area contributed by atoms with Crippen molar-refractivity contribution >= 4 is 17.5 Å². The molecule has 0 aromatic heterocycles. The van der Waals surface area contributed by atoms with E-state index in [2.05, 4.69) is 0 Å². The summed E-state index contributed by atoms with van der Waals surface area (Å²) < 4.78 is 5.37. The molecule has 1 heterocycles. The van der Waals surface area contributed by atoms with Gasteiger partial charge in [0, 0.05) is 19.5 Å². The highest BCUT2D eigenvalue weighted by Gasteiger charge is 2.35. The van der Waals surface area contributed by atoms with Gasteiger partial charge in [-0.3, -0.25) is 9.59 Å². The van der Waals surface area contributed by atoms with Gasteiger partial charge in [-0.25, -0.2) is 0 Å². The third kappa shape index (κ3) is 3.72. The molecule has 0 spiro atoms. The Morgan fingerprint density at radius 3 is 2.50 bits per heavy atom. The van der Waals surface area contributed by atoms with Gasteiger partial charge in [-0.05, 0) is 31.0 Å². The number of carbonyl (C=O) groups is 2. The maximum atomic E-state index is 12.9. The van der Waals surface area contributed by atoms with Gasteiger partial charge in [-0.15, -0.1) is 0 Å². The van der Waals surface area contributed by atoms with Crippen LogP contribution in [0.2, 0.25) is 0 Å². The quantitative estimate of drug-likeness (QED) is 0.831. The van der Waals surface area contributed by atoms with E-state index in [0.717, 1.165) is 11.3 Å². The van der Waals surface area contributed by atoms with Crippen LogP contribution in [0.25, 0.3) is 0 Å². The van der Waals surface area contributed by atoms with Crippen LogP contribution in [0, 0.1) is 0 Å². The Balaban J connectivity index is 1.66. The van der Waals surface area contributed by atoms with Crippen molar-refractivity contribution in [2.45, 2.75) is 25.8 Å². The van der Waals surface area contributed by atoms with Gasteiger partial charge in [0.05, 0.1) is 12.8 Å². The minimum Gasteiger partial charge on any atom is -0.495 e. The van der Waals surface area contributed by atoms with Crippen LogP contribution < -0.4 is 9.64 Å². The topological polar surface area (TPSA) is 49.9 Å².